The molecule has 1 N–H and O–H groups in total. The summed E-state index contributed by atoms with van der Waals surface area (Å²) in [5.41, 5.74) is 1.40. The van der Waals surface area contributed by atoms with Crippen LogP contribution < -0.4 is 0 Å². The quantitative estimate of drug-likeness (QED) is 0.266. The summed E-state index contributed by atoms with van der Waals surface area (Å²) in [5, 5.41) is 9.87. The molecule has 0 saturated heterocycles. The first kappa shape index (κ1) is 25.0. The Hall–Kier alpha value is -0.0613. The molecule has 0 heterocycles. The Morgan fingerprint density at radius 3 is 1.74 bits per heavy atom. The van der Waals surface area contributed by atoms with E-state index in [1.807, 2.05) is 6.92 Å². The van der Waals surface area contributed by atoms with Gasteiger partial charge in [0.05, 0.1) is 0 Å². The second-order valence-electron chi connectivity index (χ2n) is 8.50. The summed E-state index contributed by atoms with van der Waals surface area (Å²) in [6.45, 7) is 11.0. The first-order valence-corrected chi connectivity index (χ1v) is 19.1. The van der Waals surface area contributed by atoms with Gasteiger partial charge in [-0.05, 0) is 0 Å². The summed E-state index contributed by atoms with van der Waals surface area (Å²) in [6.07, 6.45) is 8.41. The van der Waals surface area contributed by atoms with Gasteiger partial charge in [0.25, 0.3) is 0 Å². The fraction of sp³-hybridized carbons (Fsp3) is 0.750. The van der Waals surface area contributed by atoms with Crippen molar-refractivity contribution in [1.82, 2.24) is 0 Å². The third kappa shape index (κ3) is 8.87. The van der Waals surface area contributed by atoms with Crippen LogP contribution in [0.3, 0.4) is 0 Å². The monoisotopic (exact) mass is 484 g/mol. The zero-order valence-corrected chi connectivity index (χ0v) is 21.4. The van der Waals surface area contributed by atoms with E-state index in [0.29, 0.717) is 4.12 Å². The molecule has 0 unspecified atom stereocenters. The summed E-state index contributed by atoms with van der Waals surface area (Å²) in [4.78, 5) is 0. The van der Waals surface area contributed by atoms with Gasteiger partial charge in [-0.2, -0.15) is 0 Å². The molecule has 0 saturated carbocycles. The fourth-order valence-electron chi connectivity index (χ4n) is 4.33. The molecule has 2 nitrogen and oxygen atoms in total. The van der Waals surface area contributed by atoms with Crippen LogP contribution in [0.5, 0.6) is 0 Å². The number of benzene rings is 1. The molecule has 0 amide bonds. The third-order valence-electron chi connectivity index (χ3n) is 5.78. The number of hydrogen-bond donors (Lipinski definition) is 1. The minimum atomic E-state index is -2.59. The topological polar surface area (TPSA) is 29.5 Å². The van der Waals surface area contributed by atoms with Crippen molar-refractivity contribution in [1.29, 1.82) is 0 Å². The number of hydrogen-bond acceptors (Lipinski definition) is 2. The standard InChI is InChI=1S/C12H17O2.3C4H9.Sn/c1-10(13)8-11(2)14-9-12-6-4-3-5-7-12;3*1-3-4-2;/h3-7,9-11,13H,8H2,1-2H3;3*1,3-4H2,2H3;/t10-,11-;;;;/m1..../s1. The number of aliphatic hydroxyl groups is 1. The van der Waals surface area contributed by atoms with E-state index in [1.165, 1.54) is 57.4 Å². The van der Waals surface area contributed by atoms with E-state index in [1.54, 1.807) is 0 Å². The first-order valence-electron chi connectivity index (χ1n) is 11.4. The van der Waals surface area contributed by atoms with Crippen LogP contribution in [0.2, 0.25) is 13.3 Å². The van der Waals surface area contributed by atoms with Crippen molar-refractivity contribution in [3.8, 4) is 0 Å². The van der Waals surface area contributed by atoms with Crippen LogP contribution in [0.15, 0.2) is 30.3 Å². The maximum absolute atomic E-state index is 9.87. The Morgan fingerprint density at radius 1 is 0.852 bits per heavy atom. The van der Waals surface area contributed by atoms with Gasteiger partial charge in [-0.15, -0.1) is 0 Å². The normalized spacial score (nSPS) is 15.5. The SMILES string of the molecule is CCC[CH2][Sn]([CH2]CCC)([CH2]CCC)[C@@H](O[C@H](C)C[C@@H](C)O)c1ccccc1. The predicted molar refractivity (Wildman–Crippen MR) is 121 cm³/mol. The molecule has 1 aromatic rings. The summed E-state index contributed by atoms with van der Waals surface area (Å²) in [6, 6.07) is 11.0. The molecular weight excluding hydrogens is 439 g/mol. The summed E-state index contributed by atoms with van der Waals surface area (Å²) in [5.74, 6) is 0. The minimum absolute atomic E-state index is 0.108. The number of aliphatic hydroxyl groups excluding tert-OH is 1. The molecule has 1 aromatic carbocycles. The van der Waals surface area contributed by atoms with E-state index >= 15 is 0 Å². The van der Waals surface area contributed by atoms with E-state index in [4.69, 9.17) is 4.74 Å². The van der Waals surface area contributed by atoms with Crippen molar-refractivity contribution in [3.05, 3.63) is 35.9 Å². The molecule has 0 spiro atoms. The van der Waals surface area contributed by atoms with E-state index in [0.717, 1.165) is 6.42 Å². The van der Waals surface area contributed by atoms with Gasteiger partial charge in [0.1, 0.15) is 0 Å². The second kappa shape index (κ2) is 14.0. The van der Waals surface area contributed by atoms with Crippen molar-refractivity contribution in [2.75, 3.05) is 0 Å². The molecule has 1 rings (SSSR count). The average molecular weight is 483 g/mol. The van der Waals surface area contributed by atoms with E-state index in [-0.39, 0.29) is 12.2 Å². The Bertz CT molecular complexity index is 453. The van der Waals surface area contributed by atoms with E-state index in [9.17, 15) is 5.11 Å². The molecule has 0 aliphatic heterocycles. The van der Waals surface area contributed by atoms with Crippen LogP contribution in [0.4, 0.5) is 0 Å². The zero-order valence-electron chi connectivity index (χ0n) is 18.5. The van der Waals surface area contributed by atoms with Crippen LogP contribution in [-0.4, -0.2) is 35.7 Å². The van der Waals surface area contributed by atoms with Crippen molar-refractivity contribution < 1.29 is 9.84 Å². The molecule has 3 heteroatoms. The van der Waals surface area contributed by atoms with Gasteiger partial charge in [-0.25, -0.2) is 0 Å². The summed E-state index contributed by atoms with van der Waals surface area (Å²) < 4.78 is 11.5. The molecule has 0 aromatic heterocycles. The van der Waals surface area contributed by atoms with Crippen LogP contribution >= 0.6 is 0 Å². The Labute approximate surface area is 173 Å². The van der Waals surface area contributed by atoms with E-state index in [2.05, 4.69) is 58.0 Å². The molecule has 0 bridgehead atoms. The van der Waals surface area contributed by atoms with Gasteiger partial charge in [0.15, 0.2) is 0 Å². The van der Waals surface area contributed by atoms with E-state index < -0.39 is 18.4 Å². The van der Waals surface area contributed by atoms with Crippen molar-refractivity contribution in [2.45, 2.75) is 109 Å². The molecule has 3 atom stereocenters. The molecule has 0 aliphatic carbocycles. The van der Waals surface area contributed by atoms with Crippen LogP contribution in [0.1, 0.15) is 89.2 Å². The molecular formula is C24H44O2Sn. The number of unbranched alkanes of at least 4 members (excludes halogenated alkanes) is 3. The molecule has 0 aliphatic rings. The van der Waals surface area contributed by atoms with Gasteiger partial charge in [-0.1, -0.05) is 0 Å². The van der Waals surface area contributed by atoms with Gasteiger partial charge >= 0.3 is 173 Å². The van der Waals surface area contributed by atoms with Crippen molar-refractivity contribution in [2.24, 2.45) is 0 Å². The Kier molecular flexibility index (Phi) is 13.0. The molecule has 156 valence electrons. The summed E-state index contributed by atoms with van der Waals surface area (Å²) >= 11 is -2.59. The first-order chi connectivity index (χ1) is 13.0. The Balaban J connectivity index is 3.26. The zero-order chi connectivity index (χ0) is 20.1. The Morgan fingerprint density at radius 2 is 1.33 bits per heavy atom. The maximum atomic E-state index is 9.87. The third-order valence-corrected chi connectivity index (χ3v) is 21.9. The van der Waals surface area contributed by atoms with Crippen LogP contribution in [0.25, 0.3) is 0 Å². The van der Waals surface area contributed by atoms with Gasteiger partial charge in [0, 0.05) is 0 Å². The predicted octanol–water partition coefficient (Wildman–Crippen LogP) is 7.29. The summed E-state index contributed by atoms with van der Waals surface area (Å²) in [7, 11) is 0. The van der Waals surface area contributed by atoms with Gasteiger partial charge in [-0.3, -0.25) is 0 Å². The van der Waals surface area contributed by atoms with Crippen LogP contribution in [0, 0.1) is 0 Å². The number of ether oxygens (including phenoxy) is 1. The molecule has 0 fully saturated rings. The second-order valence-corrected chi connectivity index (χ2v) is 22.0. The molecule has 0 radical (unpaired) electrons. The van der Waals surface area contributed by atoms with Crippen LogP contribution in [-0.2, 0) is 4.74 Å². The van der Waals surface area contributed by atoms with Crippen molar-refractivity contribution >= 4 is 18.4 Å². The molecule has 27 heavy (non-hydrogen) atoms. The van der Waals surface area contributed by atoms with Crippen molar-refractivity contribution in [3.63, 3.8) is 0 Å². The average Bonchev–Trinajstić information content (AvgIpc) is 2.66. The number of rotatable bonds is 15. The van der Waals surface area contributed by atoms with Gasteiger partial charge in [0.2, 0.25) is 0 Å². The van der Waals surface area contributed by atoms with Gasteiger partial charge < -0.3 is 0 Å². The fourth-order valence-corrected chi connectivity index (χ4v) is 21.8.